The molecule has 1 atom stereocenters. The highest BCUT2D eigenvalue weighted by Crippen LogP contribution is 2.34. The van der Waals surface area contributed by atoms with Gasteiger partial charge >= 0.3 is 0 Å². The molecular formula is C16H26N2O. The second-order valence-corrected chi connectivity index (χ2v) is 6.31. The normalized spacial score (nSPS) is 20.6. The van der Waals surface area contributed by atoms with Crippen molar-refractivity contribution in [2.45, 2.75) is 32.9 Å². The molecule has 106 valence electrons. The topological polar surface area (TPSA) is 38.5 Å². The molecule has 19 heavy (non-hydrogen) atoms. The summed E-state index contributed by atoms with van der Waals surface area (Å²) < 4.78 is 5.15. The summed E-state index contributed by atoms with van der Waals surface area (Å²) in [5, 5.41) is 0. The van der Waals surface area contributed by atoms with E-state index in [0.29, 0.717) is 24.6 Å². The number of nitrogens with zero attached hydrogens (tertiary/aromatic N) is 1. The van der Waals surface area contributed by atoms with Crippen molar-refractivity contribution in [3.63, 3.8) is 0 Å². The molecule has 2 rings (SSSR count). The second kappa shape index (κ2) is 6.04. The first-order valence-electron chi connectivity index (χ1n) is 7.07. The summed E-state index contributed by atoms with van der Waals surface area (Å²) in [5.41, 5.74) is 8.95. The summed E-state index contributed by atoms with van der Waals surface area (Å²) in [5.74, 6) is 0. The molecule has 3 heteroatoms. The van der Waals surface area contributed by atoms with Gasteiger partial charge < -0.3 is 10.5 Å². The minimum Gasteiger partial charge on any atom is -0.380 e. The van der Waals surface area contributed by atoms with E-state index in [1.54, 1.807) is 7.11 Å². The molecule has 0 saturated carbocycles. The SMILES string of the molecule is COCc1ccc(C(CN)N2CCC(C)(C)C2)cc1. The zero-order valence-corrected chi connectivity index (χ0v) is 12.4. The van der Waals surface area contributed by atoms with E-state index in [-0.39, 0.29) is 0 Å². The molecule has 1 unspecified atom stereocenters. The largest absolute Gasteiger partial charge is 0.380 e. The van der Waals surface area contributed by atoms with Gasteiger partial charge in [-0.25, -0.2) is 0 Å². The van der Waals surface area contributed by atoms with Crippen LogP contribution in [0.1, 0.15) is 37.4 Å². The number of benzene rings is 1. The Morgan fingerprint density at radius 2 is 2.00 bits per heavy atom. The molecule has 1 aromatic rings. The lowest BCUT2D eigenvalue weighted by molar-refractivity contribution is 0.184. The van der Waals surface area contributed by atoms with Crippen LogP contribution in [0.4, 0.5) is 0 Å². The van der Waals surface area contributed by atoms with Crippen molar-refractivity contribution in [3.8, 4) is 0 Å². The number of hydrogen-bond donors (Lipinski definition) is 1. The van der Waals surface area contributed by atoms with Crippen LogP contribution < -0.4 is 5.73 Å². The smallest absolute Gasteiger partial charge is 0.0713 e. The van der Waals surface area contributed by atoms with E-state index < -0.39 is 0 Å². The van der Waals surface area contributed by atoms with Crippen molar-refractivity contribution in [1.29, 1.82) is 0 Å². The van der Waals surface area contributed by atoms with Crippen LogP contribution in [0.3, 0.4) is 0 Å². The van der Waals surface area contributed by atoms with E-state index in [1.807, 2.05) is 0 Å². The molecule has 0 amide bonds. The first kappa shape index (κ1) is 14.5. The third kappa shape index (κ3) is 3.56. The minimum absolute atomic E-state index is 0.346. The van der Waals surface area contributed by atoms with E-state index in [0.717, 1.165) is 13.1 Å². The van der Waals surface area contributed by atoms with Crippen molar-refractivity contribution in [2.24, 2.45) is 11.1 Å². The van der Waals surface area contributed by atoms with Crippen LogP contribution in [0.5, 0.6) is 0 Å². The molecular weight excluding hydrogens is 236 g/mol. The van der Waals surface area contributed by atoms with E-state index in [4.69, 9.17) is 10.5 Å². The third-order valence-electron chi connectivity index (χ3n) is 4.05. The third-order valence-corrected chi connectivity index (χ3v) is 4.05. The summed E-state index contributed by atoms with van der Waals surface area (Å²) in [6, 6.07) is 9.01. The molecule has 0 radical (unpaired) electrons. The fourth-order valence-corrected chi connectivity index (χ4v) is 2.92. The average Bonchev–Trinajstić information content (AvgIpc) is 2.73. The van der Waals surface area contributed by atoms with Crippen LogP contribution >= 0.6 is 0 Å². The van der Waals surface area contributed by atoms with Crippen LogP contribution in [-0.4, -0.2) is 31.6 Å². The van der Waals surface area contributed by atoms with Crippen molar-refractivity contribution in [1.82, 2.24) is 4.90 Å². The Morgan fingerprint density at radius 3 is 2.47 bits per heavy atom. The van der Waals surface area contributed by atoms with E-state index in [9.17, 15) is 0 Å². The molecule has 1 fully saturated rings. The Balaban J connectivity index is 2.09. The maximum absolute atomic E-state index is 6.00. The number of hydrogen-bond acceptors (Lipinski definition) is 3. The highest BCUT2D eigenvalue weighted by Gasteiger charge is 2.33. The van der Waals surface area contributed by atoms with Gasteiger partial charge in [-0.3, -0.25) is 4.90 Å². The van der Waals surface area contributed by atoms with Crippen LogP contribution in [0.25, 0.3) is 0 Å². The maximum Gasteiger partial charge on any atom is 0.0713 e. The lowest BCUT2D eigenvalue weighted by Gasteiger charge is -2.28. The Morgan fingerprint density at radius 1 is 1.32 bits per heavy atom. The maximum atomic E-state index is 6.00. The van der Waals surface area contributed by atoms with Crippen molar-refractivity contribution in [3.05, 3.63) is 35.4 Å². The standard InChI is InChI=1S/C16H26N2O/c1-16(2)8-9-18(12-16)15(10-17)14-6-4-13(5-7-14)11-19-3/h4-7,15H,8-12,17H2,1-3H3. The summed E-state index contributed by atoms with van der Waals surface area (Å²) in [7, 11) is 1.73. The monoisotopic (exact) mass is 262 g/mol. The quantitative estimate of drug-likeness (QED) is 0.886. The molecule has 1 aliphatic heterocycles. The second-order valence-electron chi connectivity index (χ2n) is 6.31. The fraction of sp³-hybridized carbons (Fsp3) is 0.625. The van der Waals surface area contributed by atoms with Crippen molar-refractivity contribution >= 4 is 0 Å². The first-order valence-corrected chi connectivity index (χ1v) is 7.07. The Labute approximate surface area is 116 Å². The van der Waals surface area contributed by atoms with Gasteiger partial charge in [0.2, 0.25) is 0 Å². The molecule has 0 bridgehead atoms. The number of methoxy groups -OCH3 is 1. The zero-order chi connectivity index (χ0) is 13.9. The minimum atomic E-state index is 0.346. The van der Waals surface area contributed by atoms with Gasteiger partial charge in [-0.15, -0.1) is 0 Å². The van der Waals surface area contributed by atoms with E-state index >= 15 is 0 Å². The van der Waals surface area contributed by atoms with Crippen molar-refractivity contribution in [2.75, 3.05) is 26.7 Å². The molecule has 2 N–H and O–H groups in total. The fourth-order valence-electron chi connectivity index (χ4n) is 2.92. The molecule has 1 aromatic carbocycles. The van der Waals surface area contributed by atoms with Crippen LogP contribution in [0.2, 0.25) is 0 Å². The predicted octanol–water partition coefficient (Wildman–Crippen LogP) is 2.56. The van der Waals surface area contributed by atoms with E-state index in [2.05, 4.69) is 43.0 Å². The molecule has 3 nitrogen and oxygen atoms in total. The Bertz CT molecular complexity index is 400. The summed E-state index contributed by atoms with van der Waals surface area (Å²) >= 11 is 0. The number of nitrogens with two attached hydrogens (primary N) is 1. The summed E-state index contributed by atoms with van der Waals surface area (Å²) in [6.07, 6.45) is 1.26. The van der Waals surface area contributed by atoms with Gasteiger partial charge in [0.25, 0.3) is 0 Å². The van der Waals surface area contributed by atoms with E-state index in [1.165, 1.54) is 17.5 Å². The zero-order valence-electron chi connectivity index (χ0n) is 12.4. The lowest BCUT2D eigenvalue weighted by Crippen LogP contribution is -2.33. The van der Waals surface area contributed by atoms with Crippen LogP contribution in [0, 0.1) is 5.41 Å². The molecule has 1 heterocycles. The number of ether oxygens (including phenoxy) is 1. The molecule has 1 aliphatic rings. The highest BCUT2D eigenvalue weighted by atomic mass is 16.5. The van der Waals surface area contributed by atoms with Crippen molar-refractivity contribution < 1.29 is 4.74 Å². The number of rotatable bonds is 5. The van der Waals surface area contributed by atoms with Gasteiger partial charge in [0, 0.05) is 26.2 Å². The van der Waals surface area contributed by atoms with Gasteiger partial charge in [0.05, 0.1) is 6.61 Å². The molecule has 0 aliphatic carbocycles. The average molecular weight is 262 g/mol. The van der Waals surface area contributed by atoms with Gasteiger partial charge in [-0.2, -0.15) is 0 Å². The highest BCUT2D eigenvalue weighted by molar-refractivity contribution is 5.25. The summed E-state index contributed by atoms with van der Waals surface area (Å²) in [6.45, 7) is 8.30. The van der Waals surface area contributed by atoms with Crippen LogP contribution in [0.15, 0.2) is 24.3 Å². The first-order chi connectivity index (χ1) is 9.05. The predicted molar refractivity (Wildman–Crippen MR) is 78.9 cm³/mol. The summed E-state index contributed by atoms with van der Waals surface area (Å²) in [4.78, 5) is 2.52. The molecule has 0 spiro atoms. The van der Waals surface area contributed by atoms with Gasteiger partial charge in [0.1, 0.15) is 0 Å². The van der Waals surface area contributed by atoms with Gasteiger partial charge in [-0.05, 0) is 29.5 Å². The number of likely N-dealkylation sites (tertiary alicyclic amines) is 1. The Hall–Kier alpha value is -0.900. The molecule has 1 saturated heterocycles. The van der Waals surface area contributed by atoms with Crippen LogP contribution in [-0.2, 0) is 11.3 Å². The molecule has 0 aromatic heterocycles. The lowest BCUT2D eigenvalue weighted by atomic mass is 9.93. The Kier molecular flexibility index (Phi) is 4.61. The van der Waals surface area contributed by atoms with Gasteiger partial charge in [-0.1, -0.05) is 38.1 Å². The van der Waals surface area contributed by atoms with Gasteiger partial charge in [0.15, 0.2) is 0 Å².